The lowest BCUT2D eigenvalue weighted by molar-refractivity contribution is -0.873. The van der Waals surface area contributed by atoms with Crippen molar-refractivity contribution in [3.8, 4) is 0 Å². The number of rotatable bonds is 20. The van der Waals surface area contributed by atoms with E-state index < -0.39 is 12.1 Å². The van der Waals surface area contributed by atoms with Crippen LogP contribution in [-0.4, -0.2) is 66.5 Å². The van der Waals surface area contributed by atoms with Crippen LogP contribution in [0, 0.1) is 0 Å². The fourth-order valence-electron chi connectivity index (χ4n) is 3.68. The molecule has 0 saturated carbocycles. The summed E-state index contributed by atoms with van der Waals surface area (Å²) in [5.41, 5.74) is 0. The van der Waals surface area contributed by atoms with Crippen LogP contribution in [0.25, 0.3) is 0 Å². The molecular weight excluding hydrogens is 382 g/mol. The number of ether oxygens (including phenoxy) is 1. The highest BCUT2D eigenvalue weighted by molar-refractivity contribution is 5.71. The zero-order chi connectivity index (χ0) is 22.8. The fourth-order valence-corrected chi connectivity index (χ4v) is 3.68. The molecule has 0 spiro atoms. The summed E-state index contributed by atoms with van der Waals surface area (Å²) in [5.74, 6) is -1.24. The van der Waals surface area contributed by atoms with Crippen molar-refractivity contribution >= 4 is 11.9 Å². The molecule has 2 atom stereocenters. The van der Waals surface area contributed by atoms with Gasteiger partial charge in [-0.2, -0.15) is 0 Å². The largest absolute Gasteiger partial charge is 0.481 e. The quantitative estimate of drug-likeness (QED) is 0.163. The Kier molecular flexibility index (Phi) is 16.9. The highest BCUT2D eigenvalue weighted by atomic mass is 16.5. The van der Waals surface area contributed by atoms with Crippen molar-refractivity contribution in [2.45, 2.75) is 115 Å². The molecule has 2 N–H and O–H groups in total. The molecule has 0 fully saturated rings. The number of carboxylic acids is 1. The van der Waals surface area contributed by atoms with Crippen molar-refractivity contribution in [1.29, 1.82) is 0 Å². The summed E-state index contributed by atoms with van der Waals surface area (Å²) in [4.78, 5) is 23.0. The van der Waals surface area contributed by atoms with E-state index in [1.165, 1.54) is 25.7 Å². The first-order chi connectivity index (χ1) is 14.1. The average molecular weight is 431 g/mol. The topological polar surface area (TPSA) is 83.8 Å². The van der Waals surface area contributed by atoms with Crippen molar-refractivity contribution in [2.24, 2.45) is 0 Å². The number of esters is 1. The number of carbonyl (C=O) groups is 2. The molecule has 6 nitrogen and oxygen atoms in total. The van der Waals surface area contributed by atoms with E-state index in [1.807, 2.05) is 21.1 Å². The van der Waals surface area contributed by atoms with Crippen LogP contribution < -0.4 is 0 Å². The van der Waals surface area contributed by atoms with Gasteiger partial charge in [-0.15, -0.1) is 0 Å². The summed E-state index contributed by atoms with van der Waals surface area (Å²) in [6, 6.07) is 0. The van der Waals surface area contributed by atoms with Crippen molar-refractivity contribution in [3.05, 3.63) is 0 Å². The first kappa shape index (κ1) is 28.9. The molecule has 0 aliphatic rings. The summed E-state index contributed by atoms with van der Waals surface area (Å²) in [5, 5.41) is 19.0. The number of aliphatic carboxylic acids is 1. The van der Waals surface area contributed by atoms with Crippen LogP contribution in [0.4, 0.5) is 0 Å². The standard InChI is InChI=1S/C24H47NO5/c1-5-6-7-10-13-16-21(26)17-14-11-8-9-12-15-18-24(29)30-22(19-23(27)28)20-25(2,3)4/h21-22,26H,5-20H2,1-4H3/p+1. The predicted octanol–water partition coefficient (Wildman–Crippen LogP) is 4.92. The van der Waals surface area contributed by atoms with E-state index in [1.54, 1.807) is 0 Å². The third kappa shape index (κ3) is 20.1. The number of nitrogens with zero attached hydrogens (tertiary/aromatic N) is 1. The summed E-state index contributed by atoms with van der Waals surface area (Å²) in [7, 11) is 5.86. The summed E-state index contributed by atoms with van der Waals surface area (Å²) < 4.78 is 5.95. The molecule has 0 saturated heterocycles. The number of hydrogen-bond donors (Lipinski definition) is 2. The normalized spacial score (nSPS) is 13.8. The summed E-state index contributed by atoms with van der Waals surface area (Å²) in [6.45, 7) is 2.70. The SMILES string of the molecule is CCCCCCCC(O)CCCCCCCCC(=O)OC(CC(=O)O)C[N+](C)(C)C. The zero-order valence-electron chi connectivity index (χ0n) is 20.0. The van der Waals surface area contributed by atoms with Gasteiger partial charge in [0.2, 0.25) is 0 Å². The minimum absolute atomic E-state index is 0.146. The predicted molar refractivity (Wildman–Crippen MR) is 121 cm³/mol. The molecule has 0 aromatic heterocycles. The molecule has 0 aromatic rings. The van der Waals surface area contributed by atoms with E-state index in [2.05, 4.69) is 6.92 Å². The Balaban J connectivity index is 3.70. The van der Waals surface area contributed by atoms with Crippen LogP contribution in [-0.2, 0) is 14.3 Å². The van der Waals surface area contributed by atoms with Crippen molar-refractivity contribution < 1.29 is 29.0 Å². The second kappa shape index (κ2) is 17.5. The lowest BCUT2D eigenvalue weighted by Crippen LogP contribution is -2.43. The fraction of sp³-hybridized carbons (Fsp3) is 0.917. The van der Waals surface area contributed by atoms with Crippen molar-refractivity contribution in [2.75, 3.05) is 27.7 Å². The van der Waals surface area contributed by atoms with Gasteiger partial charge in [-0.25, -0.2) is 0 Å². The number of hydrogen-bond acceptors (Lipinski definition) is 4. The second-order valence-corrected chi connectivity index (χ2v) is 9.70. The molecule has 0 aliphatic carbocycles. The first-order valence-corrected chi connectivity index (χ1v) is 12.0. The Labute approximate surface area is 184 Å². The minimum Gasteiger partial charge on any atom is -0.481 e. The van der Waals surface area contributed by atoms with E-state index in [-0.39, 0.29) is 18.5 Å². The molecule has 0 amide bonds. The van der Waals surface area contributed by atoms with Gasteiger partial charge >= 0.3 is 11.9 Å². The number of aliphatic hydroxyl groups excluding tert-OH is 1. The monoisotopic (exact) mass is 430 g/mol. The maximum Gasteiger partial charge on any atom is 0.307 e. The van der Waals surface area contributed by atoms with Crippen LogP contribution in [0.1, 0.15) is 103 Å². The van der Waals surface area contributed by atoms with Gasteiger partial charge in [0.15, 0.2) is 6.10 Å². The Morgan fingerprint density at radius 1 is 0.833 bits per heavy atom. The molecule has 0 aromatic carbocycles. The Morgan fingerprint density at radius 2 is 1.33 bits per heavy atom. The molecular formula is C24H48NO5+. The van der Waals surface area contributed by atoms with Gasteiger partial charge in [-0.05, 0) is 19.3 Å². The van der Waals surface area contributed by atoms with Crippen LogP contribution in [0.3, 0.4) is 0 Å². The van der Waals surface area contributed by atoms with Gasteiger partial charge in [-0.3, -0.25) is 9.59 Å². The highest BCUT2D eigenvalue weighted by Crippen LogP contribution is 2.14. The van der Waals surface area contributed by atoms with E-state index in [4.69, 9.17) is 9.84 Å². The number of carboxylic acid groups (broad SMARTS) is 1. The van der Waals surface area contributed by atoms with Crippen molar-refractivity contribution in [3.63, 3.8) is 0 Å². The smallest absolute Gasteiger partial charge is 0.307 e. The second-order valence-electron chi connectivity index (χ2n) is 9.70. The molecule has 0 aliphatic heterocycles. The lowest BCUT2D eigenvalue weighted by Gasteiger charge is -2.28. The summed E-state index contributed by atoms with van der Waals surface area (Å²) >= 11 is 0. The summed E-state index contributed by atoms with van der Waals surface area (Å²) in [6.07, 6.45) is 13.7. The van der Waals surface area contributed by atoms with E-state index >= 15 is 0 Å². The molecule has 6 heteroatoms. The number of unbranched alkanes of at least 4 members (excludes halogenated alkanes) is 9. The van der Waals surface area contributed by atoms with Crippen molar-refractivity contribution in [1.82, 2.24) is 0 Å². The Bertz CT molecular complexity index is 447. The molecule has 0 heterocycles. The molecule has 2 unspecified atom stereocenters. The van der Waals surface area contributed by atoms with Crippen LogP contribution >= 0.6 is 0 Å². The number of carbonyl (C=O) groups excluding carboxylic acids is 1. The van der Waals surface area contributed by atoms with Gasteiger partial charge in [-0.1, -0.05) is 71.1 Å². The number of aliphatic hydroxyl groups is 1. The average Bonchev–Trinajstić information content (AvgIpc) is 2.61. The molecule has 0 bridgehead atoms. The molecule has 0 radical (unpaired) electrons. The number of likely N-dealkylation sites (N-methyl/N-ethyl adjacent to an activating group) is 1. The van der Waals surface area contributed by atoms with Gasteiger partial charge in [0.1, 0.15) is 6.54 Å². The maximum atomic E-state index is 12.0. The molecule has 0 rings (SSSR count). The van der Waals surface area contributed by atoms with Gasteiger partial charge in [0.05, 0.1) is 33.7 Å². The third-order valence-corrected chi connectivity index (χ3v) is 5.26. The van der Waals surface area contributed by atoms with Gasteiger partial charge < -0.3 is 19.4 Å². The lowest BCUT2D eigenvalue weighted by atomic mass is 10.0. The Morgan fingerprint density at radius 3 is 1.83 bits per heavy atom. The van der Waals surface area contributed by atoms with E-state index in [0.717, 1.165) is 57.8 Å². The number of quaternary nitrogens is 1. The highest BCUT2D eigenvalue weighted by Gasteiger charge is 2.24. The van der Waals surface area contributed by atoms with Crippen LogP contribution in [0.5, 0.6) is 0 Å². The molecule has 30 heavy (non-hydrogen) atoms. The van der Waals surface area contributed by atoms with Gasteiger partial charge in [0, 0.05) is 6.42 Å². The van der Waals surface area contributed by atoms with Crippen LogP contribution in [0.2, 0.25) is 0 Å². The minimum atomic E-state index is -0.942. The zero-order valence-corrected chi connectivity index (χ0v) is 20.0. The van der Waals surface area contributed by atoms with E-state index in [9.17, 15) is 14.7 Å². The van der Waals surface area contributed by atoms with Crippen LogP contribution in [0.15, 0.2) is 0 Å². The molecule has 178 valence electrons. The Hall–Kier alpha value is -1.14. The van der Waals surface area contributed by atoms with Gasteiger partial charge in [0.25, 0.3) is 0 Å². The third-order valence-electron chi connectivity index (χ3n) is 5.26. The first-order valence-electron chi connectivity index (χ1n) is 12.0. The van der Waals surface area contributed by atoms with E-state index in [0.29, 0.717) is 17.4 Å². The maximum absolute atomic E-state index is 12.0.